The third-order valence-corrected chi connectivity index (χ3v) is 4.10. The molecule has 4 N–H and O–H groups in total. The Labute approximate surface area is 148 Å². The summed E-state index contributed by atoms with van der Waals surface area (Å²) in [6.45, 7) is 0. The molecule has 0 fully saturated rings. The van der Waals surface area contributed by atoms with Crippen molar-refractivity contribution in [3.8, 4) is 17.2 Å². The van der Waals surface area contributed by atoms with Crippen molar-refractivity contribution >= 4 is 28.7 Å². The average molecular weight is 345 g/mol. The molecule has 6 heteroatoms. The molecule has 0 aliphatic carbocycles. The molecule has 0 saturated carbocycles. The van der Waals surface area contributed by atoms with Gasteiger partial charge in [0.15, 0.2) is 5.88 Å². The number of aromatic nitrogens is 1. The molecule has 26 heavy (non-hydrogen) atoms. The summed E-state index contributed by atoms with van der Waals surface area (Å²) in [7, 11) is 0. The maximum atomic E-state index is 11.3. The van der Waals surface area contributed by atoms with Crippen LogP contribution in [0.1, 0.15) is 15.9 Å². The van der Waals surface area contributed by atoms with Gasteiger partial charge in [-0.25, -0.2) is 0 Å². The van der Waals surface area contributed by atoms with Crippen molar-refractivity contribution in [2.45, 2.75) is 0 Å². The largest absolute Gasteiger partial charge is 0.494 e. The number of rotatable bonds is 4. The molecule has 128 valence electrons. The molecular formula is C20H15N3O3. The fourth-order valence-electron chi connectivity index (χ4n) is 2.81. The van der Waals surface area contributed by atoms with Crippen LogP contribution in [0.4, 0.5) is 5.69 Å². The van der Waals surface area contributed by atoms with Gasteiger partial charge in [0.05, 0.1) is 17.5 Å². The van der Waals surface area contributed by atoms with Gasteiger partial charge in [0.1, 0.15) is 5.76 Å². The van der Waals surface area contributed by atoms with E-state index in [1.54, 1.807) is 36.7 Å². The van der Waals surface area contributed by atoms with Crippen molar-refractivity contribution in [1.29, 1.82) is 0 Å². The zero-order valence-corrected chi connectivity index (χ0v) is 13.6. The minimum absolute atomic E-state index is 0.0198. The van der Waals surface area contributed by atoms with Gasteiger partial charge in [-0.3, -0.25) is 9.79 Å². The highest BCUT2D eigenvalue weighted by molar-refractivity contribution is 6.03. The van der Waals surface area contributed by atoms with Crippen LogP contribution in [0.3, 0.4) is 0 Å². The van der Waals surface area contributed by atoms with E-state index in [1.165, 1.54) is 0 Å². The third-order valence-electron chi connectivity index (χ3n) is 4.10. The van der Waals surface area contributed by atoms with Crippen LogP contribution in [-0.4, -0.2) is 22.2 Å². The number of hydrogen-bond donors (Lipinski definition) is 3. The molecule has 6 nitrogen and oxygen atoms in total. The van der Waals surface area contributed by atoms with Crippen molar-refractivity contribution in [3.05, 3.63) is 72.0 Å². The predicted molar refractivity (Wildman–Crippen MR) is 99.9 cm³/mol. The second kappa shape index (κ2) is 6.25. The van der Waals surface area contributed by atoms with Crippen LogP contribution in [0.25, 0.3) is 22.2 Å². The summed E-state index contributed by atoms with van der Waals surface area (Å²) in [4.78, 5) is 18.5. The fourth-order valence-corrected chi connectivity index (χ4v) is 2.81. The van der Waals surface area contributed by atoms with Crippen molar-refractivity contribution in [3.63, 3.8) is 0 Å². The molecule has 2 heterocycles. The molecule has 0 unspecified atom stereocenters. The van der Waals surface area contributed by atoms with Gasteiger partial charge in [-0.15, -0.1) is 0 Å². The highest BCUT2D eigenvalue weighted by atomic mass is 16.3. The number of aromatic hydroxyl groups is 1. The molecule has 0 aliphatic heterocycles. The number of amides is 1. The summed E-state index contributed by atoms with van der Waals surface area (Å²) >= 11 is 0. The molecule has 4 aromatic rings. The van der Waals surface area contributed by atoms with Gasteiger partial charge < -0.3 is 20.2 Å². The van der Waals surface area contributed by atoms with E-state index >= 15 is 0 Å². The van der Waals surface area contributed by atoms with Gasteiger partial charge in [0.2, 0.25) is 5.91 Å². The third kappa shape index (κ3) is 2.84. The van der Waals surface area contributed by atoms with E-state index in [0.717, 1.165) is 22.2 Å². The van der Waals surface area contributed by atoms with Gasteiger partial charge in [-0.1, -0.05) is 18.2 Å². The smallest absolute Gasteiger partial charge is 0.248 e. The van der Waals surface area contributed by atoms with E-state index < -0.39 is 5.91 Å². The number of hydrogen-bond acceptors (Lipinski definition) is 4. The monoisotopic (exact) mass is 345 g/mol. The molecule has 4 rings (SSSR count). The predicted octanol–water partition coefficient (Wildman–Crippen LogP) is 3.98. The lowest BCUT2D eigenvalue weighted by Crippen LogP contribution is -2.10. The maximum Gasteiger partial charge on any atom is 0.248 e. The lowest BCUT2D eigenvalue weighted by molar-refractivity contribution is 0.100. The summed E-state index contributed by atoms with van der Waals surface area (Å²) in [5.74, 6) is 0.258. The Kier molecular flexibility index (Phi) is 3.78. The molecule has 0 aliphatic rings. The van der Waals surface area contributed by atoms with Crippen molar-refractivity contribution in [1.82, 2.24) is 4.98 Å². The Balaban J connectivity index is 1.71. The van der Waals surface area contributed by atoms with Crippen LogP contribution in [0.2, 0.25) is 0 Å². The van der Waals surface area contributed by atoms with E-state index in [9.17, 15) is 9.90 Å². The Morgan fingerprint density at radius 2 is 2.04 bits per heavy atom. The zero-order chi connectivity index (χ0) is 18.1. The van der Waals surface area contributed by atoms with Crippen LogP contribution in [0.5, 0.6) is 5.88 Å². The van der Waals surface area contributed by atoms with Crippen molar-refractivity contribution in [2.75, 3.05) is 0 Å². The van der Waals surface area contributed by atoms with Gasteiger partial charge in [0.25, 0.3) is 0 Å². The zero-order valence-electron chi connectivity index (χ0n) is 13.6. The van der Waals surface area contributed by atoms with Gasteiger partial charge in [-0.05, 0) is 36.4 Å². The minimum atomic E-state index is -0.512. The Bertz CT molecular complexity index is 1120. The number of nitrogens with one attached hydrogen (secondary N) is 1. The molecule has 2 aromatic carbocycles. The highest BCUT2D eigenvalue weighted by Crippen LogP contribution is 2.30. The number of furan rings is 1. The van der Waals surface area contributed by atoms with E-state index in [0.29, 0.717) is 16.8 Å². The number of benzene rings is 2. The summed E-state index contributed by atoms with van der Waals surface area (Å²) in [6, 6.07) is 16.1. The maximum absolute atomic E-state index is 11.3. The number of fused-ring (bicyclic) bond motifs is 1. The number of H-pyrrole nitrogens is 1. The first-order chi connectivity index (χ1) is 12.6. The van der Waals surface area contributed by atoms with E-state index in [1.807, 2.05) is 30.3 Å². The molecule has 1 amide bonds. The Morgan fingerprint density at radius 3 is 2.81 bits per heavy atom. The second-order valence-corrected chi connectivity index (χ2v) is 5.80. The van der Waals surface area contributed by atoms with Crippen molar-refractivity contribution < 1.29 is 14.3 Å². The number of carbonyl (C=O) groups excluding carboxylic acids is 1. The number of aromatic amines is 1. The lowest BCUT2D eigenvalue weighted by Gasteiger charge is -1.99. The summed E-state index contributed by atoms with van der Waals surface area (Å²) in [5.41, 5.74) is 8.47. The molecule has 0 radical (unpaired) electrons. The van der Waals surface area contributed by atoms with Gasteiger partial charge in [-0.2, -0.15) is 0 Å². The number of nitrogens with zero attached hydrogens (tertiary/aromatic N) is 1. The first-order valence-corrected chi connectivity index (χ1v) is 7.94. The first kappa shape index (κ1) is 15.7. The van der Waals surface area contributed by atoms with E-state index in [4.69, 9.17) is 10.2 Å². The summed E-state index contributed by atoms with van der Waals surface area (Å²) in [6.07, 6.45) is 3.17. The summed E-state index contributed by atoms with van der Waals surface area (Å²) in [5, 5.41) is 11.1. The van der Waals surface area contributed by atoms with Crippen LogP contribution in [0.15, 0.2) is 70.3 Å². The van der Waals surface area contributed by atoms with Crippen molar-refractivity contribution in [2.24, 2.45) is 10.7 Å². The summed E-state index contributed by atoms with van der Waals surface area (Å²) < 4.78 is 5.40. The molecule has 0 atom stereocenters. The SMILES string of the molecule is NC(=O)c1cccc(N=Cc2c(O)[nH]c3cc(-c4ccco4)ccc23)c1. The molecule has 0 bridgehead atoms. The normalized spacial score (nSPS) is 11.4. The number of nitrogens with two attached hydrogens (primary N) is 1. The van der Waals surface area contributed by atoms with E-state index in [2.05, 4.69) is 9.98 Å². The van der Waals surface area contributed by atoms with Gasteiger partial charge in [0, 0.05) is 28.2 Å². The fraction of sp³-hybridized carbons (Fsp3) is 0. The number of carbonyl (C=O) groups is 1. The second-order valence-electron chi connectivity index (χ2n) is 5.80. The van der Waals surface area contributed by atoms with Crippen LogP contribution >= 0.6 is 0 Å². The van der Waals surface area contributed by atoms with E-state index in [-0.39, 0.29) is 5.88 Å². The molecular weight excluding hydrogens is 330 g/mol. The topological polar surface area (TPSA) is 105 Å². The molecule has 0 saturated heterocycles. The van der Waals surface area contributed by atoms with Crippen LogP contribution < -0.4 is 5.73 Å². The lowest BCUT2D eigenvalue weighted by atomic mass is 10.1. The van der Waals surface area contributed by atoms with Crippen LogP contribution in [-0.2, 0) is 0 Å². The van der Waals surface area contributed by atoms with Crippen LogP contribution in [0, 0.1) is 0 Å². The number of aliphatic imine (C=N–C) groups is 1. The molecule has 0 spiro atoms. The standard InChI is InChI=1S/C20H15N3O3/c21-19(24)13-3-1-4-14(9-13)22-11-16-15-7-6-12(18-5-2-8-26-18)10-17(15)23-20(16)25/h1-11,23,25H,(H2,21,24). The Hall–Kier alpha value is -3.80. The first-order valence-electron chi connectivity index (χ1n) is 7.94. The Morgan fingerprint density at radius 1 is 1.15 bits per heavy atom. The number of primary amides is 1. The highest BCUT2D eigenvalue weighted by Gasteiger charge is 2.11. The average Bonchev–Trinajstić information content (AvgIpc) is 3.27. The quantitative estimate of drug-likeness (QED) is 0.487. The minimum Gasteiger partial charge on any atom is -0.494 e. The molecule has 2 aromatic heterocycles. The van der Waals surface area contributed by atoms with Gasteiger partial charge >= 0.3 is 0 Å².